The Bertz CT molecular complexity index is 860. The summed E-state index contributed by atoms with van der Waals surface area (Å²) in [6, 6.07) is 2.31. The Hall–Kier alpha value is -2.19. The van der Waals surface area contributed by atoms with E-state index in [0.717, 1.165) is 32.2 Å². The second kappa shape index (κ2) is 7.82. The number of aromatic nitrogens is 3. The standard InChI is InChI=1S/C19H27N5O3/c1-2-27-19(26)16-12-20-24-17(25)11-14(21-18(16)24)13-22-7-9-23(10-8-22)15-5-3-4-6-15/h11-12,15,20H,2-10,13H2,1H3. The molecule has 3 heterocycles. The summed E-state index contributed by atoms with van der Waals surface area (Å²) in [5, 5.41) is 2.78. The molecule has 27 heavy (non-hydrogen) atoms. The quantitative estimate of drug-likeness (QED) is 0.795. The summed E-state index contributed by atoms with van der Waals surface area (Å²) < 4.78 is 6.34. The number of H-pyrrole nitrogens is 1. The van der Waals surface area contributed by atoms with Crippen LogP contribution in [0.1, 0.15) is 48.7 Å². The van der Waals surface area contributed by atoms with E-state index in [-0.39, 0.29) is 12.2 Å². The number of nitrogens with zero attached hydrogens (tertiary/aromatic N) is 4. The average Bonchev–Trinajstić information content (AvgIpc) is 3.32. The first-order chi connectivity index (χ1) is 13.2. The smallest absolute Gasteiger partial charge is 0.343 e. The lowest BCUT2D eigenvalue weighted by atomic mass is 10.2. The lowest BCUT2D eigenvalue weighted by Crippen LogP contribution is -2.49. The molecule has 0 amide bonds. The molecule has 8 nitrogen and oxygen atoms in total. The summed E-state index contributed by atoms with van der Waals surface area (Å²) in [7, 11) is 0. The van der Waals surface area contributed by atoms with E-state index in [9.17, 15) is 9.59 Å². The fraction of sp³-hybridized carbons (Fsp3) is 0.632. The number of aromatic amines is 1. The van der Waals surface area contributed by atoms with Gasteiger partial charge < -0.3 is 4.74 Å². The molecule has 0 radical (unpaired) electrons. The normalized spacial score (nSPS) is 19.7. The van der Waals surface area contributed by atoms with Crippen molar-refractivity contribution in [3.63, 3.8) is 0 Å². The van der Waals surface area contributed by atoms with Crippen molar-refractivity contribution in [3.8, 4) is 0 Å². The molecule has 0 bridgehead atoms. The van der Waals surface area contributed by atoms with Crippen LogP contribution in [0.15, 0.2) is 17.1 Å². The molecule has 0 aromatic carbocycles. The monoisotopic (exact) mass is 373 g/mol. The van der Waals surface area contributed by atoms with Gasteiger partial charge >= 0.3 is 5.97 Å². The minimum Gasteiger partial charge on any atom is -0.462 e. The van der Waals surface area contributed by atoms with Gasteiger partial charge in [-0.1, -0.05) is 12.8 Å². The molecule has 8 heteroatoms. The fourth-order valence-electron chi connectivity index (χ4n) is 4.25. The van der Waals surface area contributed by atoms with Crippen LogP contribution >= 0.6 is 0 Å². The molecular formula is C19H27N5O3. The van der Waals surface area contributed by atoms with Crippen molar-refractivity contribution in [1.29, 1.82) is 0 Å². The Morgan fingerprint density at radius 3 is 2.70 bits per heavy atom. The molecule has 1 aliphatic heterocycles. The van der Waals surface area contributed by atoms with Crippen LogP contribution in [0.3, 0.4) is 0 Å². The van der Waals surface area contributed by atoms with Gasteiger partial charge in [-0.2, -0.15) is 0 Å². The van der Waals surface area contributed by atoms with Crippen molar-refractivity contribution in [1.82, 2.24) is 24.4 Å². The number of rotatable bonds is 5. The number of hydrogen-bond donors (Lipinski definition) is 1. The van der Waals surface area contributed by atoms with E-state index in [4.69, 9.17) is 4.74 Å². The van der Waals surface area contributed by atoms with E-state index in [0.29, 0.717) is 23.4 Å². The number of hydrogen-bond acceptors (Lipinski definition) is 6. The Balaban J connectivity index is 1.47. The fourth-order valence-corrected chi connectivity index (χ4v) is 4.25. The molecule has 1 aliphatic carbocycles. The lowest BCUT2D eigenvalue weighted by molar-refractivity contribution is 0.0528. The topological polar surface area (TPSA) is 82.9 Å². The highest BCUT2D eigenvalue weighted by atomic mass is 16.5. The largest absolute Gasteiger partial charge is 0.462 e. The van der Waals surface area contributed by atoms with Crippen molar-refractivity contribution in [2.45, 2.75) is 45.2 Å². The van der Waals surface area contributed by atoms with E-state index in [2.05, 4.69) is 19.9 Å². The van der Waals surface area contributed by atoms with Crippen molar-refractivity contribution in [3.05, 3.63) is 33.9 Å². The molecule has 2 aliphatic rings. The van der Waals surface area contributed by atoms with Crippen LogP contribution in [0.4, 0.5) is 0 Å². The molecule has 2 fully saturated rings. The number of esters is 1. The van der Waals surface area contributed by atoms with Gasteiger partial charge in [0.25, 0.3) is 5.56 Å². The number of fused-ring (bicyclic) bond motifs is 1. The first kappa shape index (κ1) is 18.2. The van der Waals surface area contributed by atoms with Crippen molar-refractivity contribution in [2.24, 2.45) is 0 Å². The van der Waals surface area contributed by atoms with Gasteiger partial charge in [0, 0.05) is 51.0 Å². The second-order valence-corrected chi connectivity index (χ2v) is 7.40. The Morgan fingerprint density at radius 2 is 2.00 bits per heavy atom. The number of piperazine rings is 1. The van der Waals surface area contributed by atoms with Gasteiger partial charge in [-0.25, -0.2) is 14.3 Å². The SMILES string of the molecule is CCOC(=O)c1c[nH]n2c(=O)cc(CN3CCN(C4CCCC4)CC3)nc12. The summed E-state index contributed by atoms with van der Waals surface area (Å²) in [5.41, 5.74) is 1.11. The first-order valence-corrected chi connectivity index (χ1v) is 9.89. The molecule has 2 aromatic heterocycles. The van der Waals surface area contributed by atoms with Crippen LogP contribution in [-0.2, 0) is 11.3 Å². The number of nitrogens with one attached hydrogen (secondary N) is 1. The van der Waals surface area contributed by atoms with Crippen LogP contribution in [-0.4, -0.2) is 69.2 Å². The first-order valence-electron chi connectivity index (χ1n) is 9.89. The predicted octanol–water partition coefficient (Wildman–Crippen LogP) is 1.26. The molecule has 146 valence electrons. The number of carbonyl (C=O) groups excluding carboxylic acids is 1. The van der Waals surface area contributed by atoms with E-state index in [1.54, 1.807) is 13.0 Å². The molecule has 0 atom stereocenters. The van der Waals surface area contributed by atoms with Gasteiger partial charge in [-0.3, -0.25) is 19.7 Å². The van der Waals surface area contributed by atoms with E-state index < -0.39 is 5.97 Å². The Kier molecular flexibility index (Phi) is 5.27. The van der Waals surface area contributed by atoms with Crippen LogP contribution in [0.2, 0.25) is 0 Å². The second-order valence-electron chi connectivity index (χ2n) is 7.40. The van der Waals surface area contributed by atoms with E-state index in [1.807, 2.05) is 0 Å². The van der Waals surface area contributed by atoms with Gasteiger partial charge in [-0.05, 0) is 19.8 Å². The van der Waals surface area contributed by atoms with Gasteiger partial charge in [0.15, 0.2) is 5.65 Å². The Labute approximate surface area is 158 Å². The van der Waals surface area contributed by atoms with Crippen LogP contribution < -0.4 is 5.56 Å². The summed E-state index contributed by atoms with van der Waals surface area (Å²) >= 11 is 0. The van der Waals surface area contributed by atoms with Crippen LogP contribution in [0.25, 0.3) is 5.65 Å². The molecule has 0 spiro atoms. The maximum Gasteiger partial charge on any atom is 0.343 e. The minimum atomic E-state index is -0.467. The van der Waals surface area contributed by atoms with Gasteiger partial charge in [0.05, 0.1) is 12.3 Å². The maximum absolute atomic E-state index is 12.4. The lowest BCUT2D eigenvalue weighted by Gasteiger charge is -2.37. The number of ether oxygens (including phenoxy) is 1. The summed E-state index contributed by atoms with van der Waals surface area (Å²) in [6.45, 7) is 6.77. The Morgan fingerprint density at radius 1 is 1.26 bits per heavy atom. The zero-order valence-corrected chi connectivity index (χ0v) is 15.8. The molecule has 1 saturated heterocycles. The van der Waals surface area contributed by atoms with Crippen LogP contribution in [0.5, 0.6) is 0 Å². The minimum absolute atomic E-state index is 0.213. The van der Waals surface area contributed by atoms with E-state index >= 15 is 0 Å². The highest BCUT2D eigenvalue weighted by molar-refractivity contribution is 5.95. The number of carbonyl (C=O) groups is 1. The van der Waals surface area contributed by atoms with Crippen molar-refractivity contribution in [2.75, 3.05) is 32.8 Å². The third-order valence-electron chi connectivity index (χ3n) is 5.68. The summed E-state index contributed by atoms with van der Waals surface area (Å²) in [6.07, 6.45) is 6.86. The summed E-state index contributed by atoms with van der Waals surface area (Å²) in [4.78, 5) is 34.0. The highest BCUT2D eigenvalue weighted by Gasteiger charge is 2.26. The van der Waals surface area contributed by atoms with Crippen molar-refractivity contribution >= 4 is 11.6 Å². The zero-order valence-electron chi connectivity index (χ0n) is 15.8. The molecule has 1 N–H and O–H groups in total. The molecule has 1 saturated carbocycles. The highest BCUT2D eigenvalue weighted by Crippen LogP contribution is 2.24. The molecule has 4 rings (SSSR count). The third-order valence-corrected chi connectivity index (χ3v) is 5.68. The van der Waals surface area contributed by atoms with Gasteiger partial charge in [-0.15, -0.1) is 0 Å². The maximum atomic E-state index is 12.4. The summed E-state index contributed by atoms with van der Waals surface area (Å²) in [5.74, 6) is -0.467. The van der Waals surface area contributed by atoms with Gasteiger partial charge in [0.1, 0.15) is 5.56 Å². The predicted molar refractivity (Wildman–Crippen MR) is 101 cm³/mol. The zero-order chi connectivity index (χ0) is 18.8. The molecular weight excluding hydrogens is 346 g/mol. The average molecular weight is 373 g/mol. The third kappa shape index (κ3) is 3.77. The van der Waals surface area contributed by atoms with E-state index in [1.165, 1.54) is 36.4 Å². The molecule has 0 unspecified atom stereocenters. The van der Waals surface area contributed by atoms with Crippen LogP contribution in [0, 0.1) is 0 Å². The van der Waals surface area contributed by atoms with Crippen molar-refractivity contribution < 1.29 is 9.53 Å². The van der Waals surface area contributed by atoms with Gasteiger partial charge in [0.2, 0.25) is 0 Å². The molecule has 2 aromatic rings.